The number of nitrogens with two attached hydrogens (primary N) is 1. The van der Waals surface area contributed by atoms with Gasteiger partial charge in [-0.2, -0.15) is 5.10 Å². The molecule has 7 heteroatoms. The number of aromatic nitrogens is 2. The molecule has 0 radical (unpaired) electrons. The minimum atomic E-state index is -0.346. The first-order valence-electron chi connectivity index (χ1n) is 6.49. The van der Waals surface area contributed by atoms with Gasteiger partial charge in [-0.1, -0.05) is 17.7 Å². The number of benzene rings is 1. The second kappa shape index (κ2) is 6.49. The molecule has 1 aromatic heterocycles. The van der Waals surface area contributed by atoms with E-state index in [-0.39, 0.29) is 18.1 Å². The maximum atomic E-state index is 12.1. The fraction of sp³-hybridized carbons (Fsp3) is 0.286. The summed E-state index contributed by atoms with van der Waals surface area (Å²) in [6.45, 7) is 2.80. The third-order valence-electron chi connectivity index (χ3n) is 3.05. The van der Waals surface area contributed by atoms with Gasteiger partial charge in [-0.25, -0.2) is 0 Å². The number of halogens is 1. The number of amides is 1. The minimum Gasteiger partial charge on any atom is -0.496 e. The monoisotopic (exact) mass is 308 g/mol. The van der Waals surface area contributed by atoms with Crippen molar-refractivity contribution < 1.29 is 9.53 Å². The maximum absolute atomic E-state index is 12.1. The fourth-order valence-corrected chi connectivity index (χ4v) is 2.16. The lowest BCUT2D eigenvalue weighted by Crippen LogP contribution is -2.24. The predicted molar refractivity (Wildman–Crippen MR) is 81.5 cm³/mol. The number of rotatable bonds is 5. The van der Waals surface area contributed by atoms with Gasteiger partial charge in [0.1, 0.15) is 5.75 Å². The molecule has 0 aliphatic rings. The molecule has 0 aliphatic heterocycles. The highest BCUT2D eigenvalue weighted by Gasteiger charge is 2.16. The molecule has 0 saturated carbocycles. The minimum absolute atomic E-state index is 0.211. The molecule has 21 heavy (non-hydrogen) atoms. The molecule has 2 rings (SSSR count). The van der Waals surface area contributed by atoms with Crippen molar-refractivity contribution in [1.82, 2.24) is 15.1 Å². The number of nitrogens with zero attached hydrogens (tertiary/aromatic N) is 2. The average molecular weight is 309 g/mol. The zero-order valence-electron chi connectivity index (χ0n) is 11.9. The second-order valence-corrected chi connectivity index (χ2v) is 4.80. The van der Waals surface area contributed by atoms with E-state index in [1.165, 1.54) is 0 Å². The number of aryl methyl sites for hydroxylation is 1. The fourth-order valence-electron chi connectivity index (χ4n) is 1.93. The quantitative estimate of drug-likeness (QED) is 0.886. The lowest BCUT2D eigenvalue weighted by atomic mass is 10.2. The van der Waals surface area contributed by atoms with Gasteiger partial charge < -0.3 is 15.8 Å². The molecule has 6 nitrogen and oxygen atoms in total. The molecule has 112 valence electrons. The highest BCUT2D eigenvalue weighted by molar-refractivity contribution is 6.31. The number of carbonyl (C=O) groups excluding carboxylic acids is 1. The van der Waals surface area contributed by atoms with Crippen molar-refractivity contribution in [3.8, 4) is 5.75 Å². The molecule has 0 spiro atoms. The van der Waals surface area contributed by atoms with Crippen molar-refractivity contribution in [1.29, 1.82) is 0 Å². The molecule has 0 atom stereocenters. The van der Waals surface area contributed by atoms with Crippen LogP contribution in [0.1, 0.15) is 23.0 Å². The molecule has 0 fully saturated rings. The number of ether oxygens (including phenoxy) is 1. The van der Waals surface area contributed by atoms with E-state index < -0.39 is 0 Å². The predicted octanol–water partition coefficient (Wildman–Crippen LogP) is 2.08. The van der Waals surface area contributed by atoms with Gasteiger partial charge in [0.25, 0.3) is 5.91 Å². The summed E-state index contributed by atoms with van der Waals surface area (Å²) >= 11 is 6.12. The van der Waals surface area contributed by atoms with Crippen LogP contribution in [-0.2, 0) is 13.1 Å². The van der Waals surface area contributed by atoms with Crippen LogP contribution in [0.15, 0.2) is 24.4 Å². The highest BCUT2D eigenvalue weighted by Crippen LogP contribution is 2.26. The Balaban J connectivity index is 2.13. The summed E-state index contributed by atoms with van der Waals surface area (Å²) in [5, 5.41) is 7.40. The van der Waals surface area contributed by atoms with Gasteiger partial charge in [-0.3, -0.25) is 9.48 Å². The maximum Gasteiger partial charge on any atom is 0.274 e. The first kappa shape index (κ1) is 15.2. The lowest BCUT2D eigenvalue weighted by molar-refractivity contribution is 0.0945. The van der Waals surface area contributed by atoms with Crippen molar-refractivity contribution in [2.45, 2.75) is 20.0 Å². The number of nitrogen functional groups attached to an aromatic ring is 1. The van der Waals surface area contributed by atoms with E-state index >= 15 is 0 Å². The number of methoxy groups -OCH3 is 1. The van der Waals surface area contributed by atoms with Crippen LogP contribution in [-0.4, -0.2) is 22.8 Å². The van der Waals surface area contributed by atoms with Gasteiger partial charge >= 0.3 is 0 Å². The summed E-state index contributed by atoms with van der Waals surface area (Å²) in [5.74, 6) is 0.275. The Hall–Kier alpha value is -2.21. The summed E-state index contributed by atoms with van der Waals surface area (Å²) < 4.78 is 6.84. The molecule has 0 bridgehead atoms. The van der Waals surface area contributed by atoms with E-state index in [0.29, 0.717) is 28.6 Å². The zero-order valence-corrected chi connectivity index (χ0v) is 12.6. The summed E-state index contributed by atoms with van der Waals surface area (Å²) in [6, 6.07) is 5.31. The Bertz CT molecular complexity index is 654. The number of nitrogens with one attached hydrogen (secondary N) is 1. The molecule has 0 saturated heterocycles. The van der Waals surface area contributed by atoms with E-state index in [4.69, 9.17) is 22.1 Å². The first-order chi connectivity index (χ1) is 10.1. The molecule has 2 aromatic rings. The van der Waals surface area contributed by atoms with Gasteiger partial charge in [0.15, 0.2) is 5.69 Å². The number of hydrogen-bond acceptors (Lipinski definition) is 4. The Morgan fingerprint density at radius 3 is 2.90 bits per heavy atom. The molecule has 0 unspecified atom stereocenters. The van der Waals surface area contributed by atoms with Gasteiger partial charge in [0, 0.05) is 29.9 Å². The molecular formula is C14H17ClN4O2. The van der Waals surface area contributed by atoms with Gasteiger partial charge in [-0.05, 0) is 19.1 Å². The SMILES string of the molecule is CCn1cc(N)c(C(=O)NCc2c(Cl)cccc2OC)n1. The Morgan fingerprint density at radius 2 is 2.29 bits per heavy atom. The first-order valence-corrected chi connectivity index (χ1v) is 6.87. The number of hydrogen-bond donors (Lipinski definition) is 2. The van der Waals surface area contributed by atoms with Crippen LogP contribution in [0.25, 0.3) is 0 Å². The highest BCUT2D eigenvalue weighted by atomic mass is 35.5. The number of anilines is 1. The van der Waals surface area contributed by atoms with Crippen molar-refractivity contribution in [3.63, 3.8) is 0 Å². The standard InChI is InChI=1S/C14H17ClN4O2/c1-3-19-8-11(16)13(18-19)14(20)17-7-9-10(15)5-4-6-12(9)21-2/h4-6,8H,3,7,16H2,1-2H3,(H,17,20). The van der Waals surface area contributed by atoms with Crippen molar-refractivity contribution in [2.24, 2.45) is 0 Å². The Kier molecular flexibility index (Phi) is 4.70. The second-order valence-electron chi connectivity index (χ2n) is 4.39. The van der Waals surface area contributed by atoms with Gasteiger partial charge in [0.05, 0.1) is 12.8 Å². The van der Waals surface area contributed by atoms with Crippen molar-refractivity contribution in [2.75, 3.05) is 12.8 Å². The van der Waals surface area contributed by atoms with E-state index in [0.717, 1.165) is 0 Å². The molecule has 0 aliphatic carbocycles. The summed E-state index contributed by atoms with van der Waals surface area (Å²) in [7, 11) is 1.55. The van der Waals surface area contributed by atoms with Crippen LogP contribution in [0.2, 0.25) is 5.02 Å². The van der Waals surface area contributed by atoms with Gasteiger partial charge in [-0.15, -0.1) is 0 Å². The van der Waals surface area contributed by atoms with Gasteiger partial charge in [0.2, 0.25) is 0 Å². The molecule has 1 heterocycles. The molecule has 1 aromatic carbocycles. The van der Waals surface area contributed by atoms with Crippen LogP contribution in [0, 0.1) is 0 Å². The van der Waals surface area contributed by atoms with E-state index in [1.54, 1.807) is 36.2 Å². The Labute approximate surface area is 127 Å². The third-order valence-corrected chi connectivity index (χ3v) is 3.40. The molecule has 1 amide bonds. The number of carbonyl (C=O) groups is 1. The van der Waals surface area contributed by atoms with Crippen LogP contribution < -0.4 is 15.8 Å². The smallest absolute Gasteiger partial charge is 0.274 e. The van der Waals surface area contributed by atoms with Crippen molar-refractivity contribution >= 4 is 23.2 Å². The summed E-state index contributed by atoms with van der Waals surface area (Å²) in [5.41, 5.74) is 7.05. The van der Waals surface area contributed by atoms with Crippen LogP contribution in [0.5, 0.6) is 5.75 Å². The lowest BCUT2D eigenvalue weighted by Gasteiger charge is -2.11. The summed E-state index contributed by atoms with van der Waals surface area (Å²) in [4.78, 5) is 12.1. The van der Waals surface area contributed by atoms with Crippen LogP contribution >= 0.6 is 11.6 Å². The van der Waals surface area contributed by atoms with E-state index in [9.17, 15) is 4.79 Å². The summed E-state index contributed by atoms with van der Waals surface area (Å²) in [6.07, 6.45) is 1.63. The third kappa shape index (κ3) is 3.28. The topological polar surface area (TPSA) is 82.2 Å². The molecule has 3 N–H and O–H groups in total. The van der Waals surface area contributed by atoms with Crippen LogP contribution in [0.3, 0.4) is 0 Å². The van der Waals surface area contributed by atoms with Crippen LogP contribution in [0.4, 0.5) is 5.69 Å². The normalized spacial score (nSPS) is 10.4. The van der Waals surface area contributed by atoms with E-state index in [1.807, 2.05) is 6.92 Å². The van der Waals surface area contributed by atoms with Crippen molar-refractivity contribution in [3.05, 3.63) is 40.7 Å². The molecular weight excluding hydrogens is 292 g/mol. The Morgan fingerprint density at radius 1 is 1.52 bits per heavy atom. The zero-order chi connectivity index (χ0) is 15.4. The average Bonchev–Trinajstić information content (AvgIpc) is 2.86. The largest absolute Gasteiger partial charge is 0.496 e. The van der Waals surface area contributed by atoms with E-state index in [2.05, 4.69) is 10.4 Å².